The summed E-state index contributed by atoms with van der Waals surface area (Å²) in [6, 6.07) is 4.20. The van der Waals surface area contributed by atoms with Crippen LogP contribution in [-0.4, -0.2) is 39.7 Å². The Morgan fingerprint density at radius 2 is 1.69 bits per heavy atom. The lowest BCUT2D eigenvalue weighted by Gasteiger charge is -2.19. The average molecular weight is 537 g/mol. The fraction of sp³-hybridized carbons (Fsp3) is 0.643. The molecule has 1 aliphatic heterocycles. The first-order valence-electron chi connectivity index (χ1n) is 13.5. The lowest BCUT2D eigenvalue weighted by Crippen LogP contribution is -2.21. The number of carboxylic acid groups (broad SMARTS) is 2. The molecule has 2 rings (SSSR count). The molecule has 0 radical (unpaired) electrons. The van der Waals surface area contributed by atoms with Gasteiger partial charge in [-0.2, -0.15) is 0 Å². The fourth-order valence-corrected chi connectivity index (χ4v) is 6.15. The highest BCUT2D eigenvalue weighted by Crippen LogP contribution is 2.37. The van der Waals surface area contributed by atoms with E-state index < -0.39 is 11.9 Å². The average Bonchev–Trinajstić information content (AvgIpc) is 3.03. The largest absolute Gasteiger partial charge is 0.481 e. The van der Waals surface area contributed by atoms with Crippen molar-refractivity contribution in [1.82, 2.24) is 0 Å². The normalized spacial score (nSPS) is 15.2. The highest BCUT2D eigenvalue weighted by molar-refractivity contribution is 8.00. The molecule has 1 aromatic rings. The molecule has 202 valence electrons. The minimum Gasteiger partial charge on any atom is -0.481 e. The van der Waals surface area contributed by atoms with Gasteiger partial charge in [0.25, 0.3) is 0 Å². The number of carboxylic acids is 2. The van der Waals surface area contributed by atoms with E-state index in [2.05, 4.69) is 29.1 Å². The van der Waals surface area contributed by atoms with Crippen LogP contribution >= 0.6 is 23.7 Å². The smallest absolute Gasteiger partial charge is 0.307 e. The van der Waals surface area contributed by atoms with Crippen molar-refractivity contribution in [3.05, 3.63) is 29.8 Å². The molecule has 1 heterocycles. The summed E-state index contributed by atoms with van der Waals surface area (Å²) in [5.41, 5.74) is 2.48. The van der Waals surface area contributed by atoms with Crippen molar-refractivity contribution in [3.8, 4) is 0 Å². The van der Waals surface area contributed by atoms with Crippen molar-refractivity contribution in [2.24, 2.45) is 0 Å². The quantitative estimate of drug-likeness (QED) is 0.0611. The summed E-state index contributed by atoms with van der Waals surface area (Å²) in [5.74, 6) is -0.341. The molecule has 0 aliphatic carbocycles. The molecular formula is C28H44N2O4S2. The molecule has 1 aromatic carbocycles. The van der Waals surface area contributed by atoms with E-state index in [0.29, 0.717) is 11.8 Å². The van der Waals surface area contributed by atoms with Crippen molar-refractivity contribution in [2.75, 3.05) is 21.5 Å². The lowest BCUT2D eigenvalue weighted by atomic mass is 10.1. The number of hydrogen-bond donors (Lipinski definition) is 4. The highest BCUT2D eigenvalue weighted by Gasteiger charge is 2.20. The van der Waals surface area contributed by atoms with Gasteiger partial charge < -0.3 is 20.3 Å². The second kappa shape index (κ2) is 18.4. The Hall–Kier alpha value is -1.80. The summed E-state index contributed by atoms with van der Waals surface area (Å²) in [6.07, 6.45) is 19.8. The summed E-state index contributed by atoms with van der Waals surface area (Å²) in [7, 11) is 0. The first kappa shape index (κ1) is 30.4. The second-order valence-corrected chi connectivity index (χ2v) is 11.5. The summed E-state index contributed by atoms with van der Waals surface area (Å²) in [6.45, 7) is 2.26. The van der Waals surface area contributed by atoms with Crippen LogP contribution in [0.25, 0.3) is 0 Å². The van der Waals surface area contributed by atoms with Gasteiger partial charge in [0.1, 0.15) is 0 Å². The molecule has 0 saturated carbocycles. The van der Waals surface area contributed by atoms with Gasteiger partial charge in [-0.15, -0.1) is 11.8 Å². The number of aliphatic carboxylic acids is 2. The molecule has 8 heteroatoms. The number of hydrogen-bond acceptors (Lipinski definition) is 6. The summed E-state index contributed by atoms with van der Waals surface area (Å²) in [4.78, 5) is 23.2. The maximum Gasteiger partial charge on any atom is 0.307 e. The van der Waals surface area contributed by atoms with Gasteiger partial charge in [0.15, 0.2) is 0 Å². The number of unbranched alkanes of at least 4 members (excludes halogenated alkanes) is 9. The van der Waals surface area contributed by atoms with Crippen molar-refractivity contribution >= 4 is 47.0 Å². The molecule has 0 aromatic heterocycles. The van der Waals surface area contributed by atoms with Crippen LogP contribution in [0.1, 0.15) is 96.0 Å². The molecule has 0 saturated heterocycles. The molecule has 1 atom stereocenters. The third-order valence-corrected chi connectivity index (χ3v) is 8.15. The second-order valence-electron chi connectivity index (χ2n) is 9.49. The first-order valence-corrected chi connectivity index (χ1v) is 15.5. The number of rotatable bonds is 19. The van der Waals surface area contributed by atoms with E-state index in [-0.39, 0.29) is 12.8 Å². The SMILES string of the molecule is CCCCCCCC/C=C\CCCCCC1CSNc2c(CC(=O)O)cc(SCCC(=O)O)cc2N1. The topological polar surface area (TPSA) is 98.7 Å². The zero-order valence-electron chi connectivity index (χ0n) is 21.7. The predicted molar refractivity (Wildman–Crippen MR) is 154 cm³/mol. The van der Waals surface area contributed by atoms with Crippen molar-refractivity contribution in [3.63, 3.8) is 0 Å². The third-order valence-electron chi connectivity index (χ3n) is 6.25. The summed E-state index contributed by atoms with van der Waals surface area (Å²) >= 11 is 3.07. The molecule has 6 nitrogen and oxygen atoms in total. The molecule has 0 spiro atoms. The minimum atomic E-state index is -0.876. The maximum atomic E-state index is 11.4. The standard InChI is InChI=1S/C28H44N2O4S2/c1-2-3-4-5-6-7-8-9-10-11-12-13-14-15-23-21-36-30-28-22(19-27(33)34)18-24(20-25(28)29-23)35-17-16-26(31)32/h9-10,18,20,23,29-30H,2-8,11-17,19,21H2,1H3,(H,31,32)(H,33,34)/b10-9-. The number of thioether (sulfide) groups is 1. The zero-order valence-corrected chi connectivity index (χ0v) is 23.4. The van der Waals surface area contributed by atoms with E-state index >= 15 is 0 Å². The Balaban J connectivity index is 1.76. The Morgan fingerprint density at radius 3 is 2.39 bits per heavy atom. The highest BCUT2D eigenvalue weighted by atomic mass is 32.2. The first-order chi connectivity index (χ1) is 17.5. The van der Waals surface area contributed by atoms with Gasteiger partial charge in [0, 0.05) is 22.4 Å². The van der Waals surface area contributed by atoms with Crippen LogP contribution < -0.4 is 10.0 Å². The van der Waals surface area contributed by atoms with Gasteiger partial charge >= 0.3 is 11.9 Å². The van der Waals surface area contributed by atoms with Crippen LogP contribution in [0.15, 0.2) is 29.2 Å². The van der Waals surface area contributed by atoms with Crippen molar-refractivity contribution in [1.29, 1.82) is 0 Å². The van der Waals surface area contributed by atoms with Gasteiger partial charge in [-0.25, -0.2) is 0 Å². The van der Waals surface area contributed by atoms with E-state index in [4.69, 9.17) is 5.11 Å². The predicted octanol–water partition coefficient (Wildman–Crippen LogP) is 7.99. The molecule has 0 amide bonds. The van der Waals surface area contributed by atoms with Crippen LogP contribution in [0.4, 0.5) is 11.4 Å². The zero-order chi connectivity index (χ0) is 26.0. The van der Waals surface area contributed by atoms with Crippen LogP contribution in [0.5, 0.6) is 0 Å². The van der Waals surface area contributed by atoms with E-state index in [9.17, 15) is 14.7 Å². The number of benzene rings is 1. The Morgan fingerprint density at radius 1 is 1.00 bits per heavy atom. The van der Waals surface area contributed by atoms with E-state index in [0.717, 1.165) is 46.8 Å². The number of allylic oxidation sites excluding steroid dienone is 2. The summed E-state index contributed by atoms with van der Waals surface area (Å²) < 4.78 is 3.36. The van der Waals surface area contributed by atoms with Gasteiger partial charge in [-0.1, -0.05) is 76.0 Å². The van der Waals surface area contributed by atoms with Gasteiger partial charge in [-0.3, -0.25) is 9.59 Å². The van der Waals surface area contributed by atoms with E-state index in [1.54, 1.807) is 11.9 Å². The number of anilines is 2. The van der Waals surface area contributed by atoms with Crippen LogP contribution in [-0.2, 0) is 16.0 Å². The monoisotopic (exact) mass is 536 g/mol. The number of fused-ring (bicyclic) bond motifs is 1. The van der Waals surface area contributed by atoms with Crippen molar-refractivity contribution < 1.29 is 19.8 Å². The minimum absolute atomic E-state index is 0.0675. The number of nitrogens with one attached hydrogen (secondary N) is 2. The molecule has 0 fully saturated rings. The Bertz CT molecular complexity index is 832. The molecule has 1 unspecified atom stereocenters. The van der Waals surface area contributed by atoms with Crippen LogP contribution in [0.2, 0.25) is 0 Å². The summed E-state index contributed by atoms with van der Waals surface area (Å²) in [5, 5.41) is 21.9. The fourth-order valence-electron chi connectivity index (χ4n) is 4.29. The molecule has 1 aliphatic rings. The van der Waals surface area contributed by atoms with Crippen LogP contribution in [0.3, 0.4) is 0 Å². The van der Waals surface area contributed by atoms with E-state index in [1.807, 2.05) is 12.1 Å². The molecular weight excluding hydrogens is 492 g/mol. The Kier molecular flexibility index (Phi) is 15.6. The molecule has 0 bridgehead atoms. The van der Waals surface area contributed by atoms with E-state index in [1.165, 1.54) is 69.5 Å². The molecule has 36 heavy (non-hydrogen) atoms. The van der Waals surface area contributed by atoms with Crippen LogP contribution in [0, 0.1) is 0 Å². The number of carbonyl (C=O) groups is 2. The third kappa shape index (κ3) is 12.9. The van der Waals surface area contributed by atoms with Gasteiger partial charge in [0.2, 0.25) is 0 Å². The Labute approximate surface area is 225 Å². The van der Waals surface area contributed by atoms with Gasteiger partial charge in [-0.05, 0) is 49.8 Å². The molecule has 4 N–H and O–H groups in total. The van der Waals surface area contributed by atoms with Gasteiger partial charge in [0.05, 0.1) is 24.2 Å². The maximum absolute atomic E-state index is 11.4. The lowest BCUT2D eigenvalue weighted by molar-refractivity contribution is -0.137. The van der Waals surface area contributed by atoms with Crippen molar-refractivity contribution in [2.45, 2.75) is 108 Å².